The van der Waals surface area contributed by atoms with E-state index in [2.05, 4.69) is 24.1 Å². The van der Waals surface area contributed by atoms with Gasteiger partial charge in [-0.25, -0.2) is 0 Å². The maximum atomic E-state index is 12.1. The number of carbonyl (C=O) groups is 1. The average Bonchev–Trinajstić information content (AvgIpc) is 2.36. The lowest BCUT2D eigenvalue weighted by molar-refractivity contribution is 0.0929. The first kappa shape index (κ1) is 16.7. The van der Waals surface area contributed by atoms with Crippen LogP contribution in [-0.2, 0) is 6.42 Å². The van der Waals surface area contributed by atoms with E-state index in [0.29, 0.717) is 18.7 Å². The highest BCUT2D eigenvalue weighted by Gasteiger charge is 2.20. The molecule has 0 atom stereocenters. The van der Waals surface area contributed by atoms with E-state index in [1.807, 2.05) is 38.4 Å². The van der Waals surface area contributed by atoms with E-state index in [1.54, 1.807) is 0 Å². The third-order valence-electron chi connectivity index (χ3n) is 3.12. The second kappa shape index (κ2) is 7.41. The predicted molar refractivity (Wildman–Crippen MR) is 83.9 cm³/mol. The van der Waals surface area contributed by atoms with Gasteiger partial charge >= 0.3 is 0 Å². The summed E-state index contributed by atoms with van der Waals surface area (Å²) in [7, 11) is 4.08. The number of hydrogen-bond acceptors (Lipinski definition) is 3. The summed E-state index contributed by atoms with van der Waals surface area (Å²) in [6.07, 6.45) is 0.845. The van der Waals surface area contributed by atoms with Crippen molar-refractivity contribution in [3.8, 4) is 0 Å². The maximum Gasteiger partial charge on any atom is 0.251 e. The standard InChI is InChI=1S/C16H27N3O/c1-16(2,12-19(3)4)11-18-15(20)14-7-5-13(6-8-14)9-10-17/h5-8H,9-12,17H2,1-4H3,(H,18,20). The summed E-state index contributed by atoms with van der Waals surface area (Å²) in [6.45, 7) is 6.52. The van der Waals surface area contributed by atoms with Crippen LogP contribution in [0.4, 0.5) is 0 Å². The van der Waals surface area contributed by atoms with Crippen LogP contribution in [0, 0.1) is 5.41 Å². The van der Waals surface area contributed by atoms with Crippen LogP contribution in [0.3, 0.4) is 0 Å². The Bertz CT molecular complexity index is 424. The average molecular weight is 277 g/mol. The molecule has 0 aliphatic heterocycles. The number of nitrogens with one attached hydrogen (secondary N) is 1. The van der Waals surface area contributed by atoms with Crippen LogP contribution in [0.5, 0.6) is 0 Å². The van der Waals surface area contributed by atoms with Crippen molar-refractivity contribution >= 4 is 5.91 Å². The molecule has 1 aromatic rings. The molecule has 20 heavy (non-hydrogen) atoms. The normalized spacial score (nSPS) is 11.7. The number of benzene rings is 1. The number of nitrogens with two attached hydrogens (primary N) is 1. The first-order valence-corrected chi connectivity index (χ1v) is 7.06. The molecular weight excluding hydrogens is 250 g/mol. The molecule has 112 valence electrons. The van der Waals surface area contributed by atoms with E-state index in [0.717, 1.165) is 18.5 Å². The van der Waals surface area contributed by atoms with E-state index in [-0.39, 0.29) is 11.3 Å². The van der Waals surface area contributed by atoms with Crippen LogP contribution in [0.2, 0.25) is 0 Å². The van der Waals surface area contributed by atoms with E-state index in [9.17, 15) is 4.79 Å². The molecule has 0 radical (unpaired) electrons. The second-order valence-corrected chi connectivity index (χ2v) is 6.32. The summed E-state index contributed by atoms with van der Waals surface area (Å²) in [4.78, 5) is 14.2. The summed E-state index contributed by atoms with van der Waals surface area (Å²) >= 11 is 0. The Hall–Kier alpha value is -1.39. The van der Waals surface area contributed by atoms with Gasteiger partial charge in [0.15, 0.2) is 0 Å². The molecule has 1 amide bonds. The summed E-state index contributed by atoms with van der Waals surface area (Å²) in [5, 5.41) is 3.01. The monoisotopic (exact) mass is 277 g/mol. The van der Waals surface area contributed by atoms with Crippen molar-refractivity contribution in [2.24, 2.45) is 11.1 Å². The Balaban J connectivity index is 2.54. The molecule has 4 heteroatoms. The molecule has 0 aliphatic carbocycles. The number of nitrogens with zero attached hydrogens (tertiary/aromatic N) is 1. The number of amides is 1. The van der Waals surface area contributed by atoms with Crippen LogP contribution in [0.1, 0.15) is 29.8 Å². The Labute approximate surface area is 122 Å². The molecule has 0 saturated carbocycles. The molecule has 0 unspecified atom stereocenters. The first-order chi connectivity index (χ1) is 9.34. The minimum atomic E-state index is -0.0175. The molecule has 4 nitrogen and oxygen atoms in total. The number of hydrogen-bond donors (Lipinski definition) is 2. The number of rotatable bonds is 7. The lowest BCUT2D eigenvalue weighted by Crippen LogP contribution is -2.39. The first-order valence-electron chi connectivity index (χ1n) is 7.06. The molecule has 0 spiro atoms. The Morgan fingerprint density at radius 3 is 2.35 bits per heavy atom. The van der Waals surface area contributed by atoms with Crippen molar-refractivity contribution in [1.82, 2.24) is 10.2 Å². The van der Waals surface area contributed by atoms with Crippen LogP contribution >= 0.6 is 0 Å². The van der Waals surface area contributed by atoms with E-state index in [1.165, 1.54) is 0 Å². The van der Waals surface area contributed by atoms with E-state index in [4.69, 9.17) is 5.73 Å². The second-order valence-electron chi connectivity index (χ2n) is 6.32. The minimum Gasteiger partial charge on any atom is -0.351 e. The van der Waals surface area contributed by atoms with Crippen LogP contribution in [-0.4, -0.2) is 44.5 Å². The highest BCUT2D eigenvalue weighted by molar-refractivity contribution is 5.94. The van der Waals surface area contributed by atoms with Crippen LogP contribution in [0.25, 0.3) is 0 Å². The van der Waals surface area contributed by atoms with Crippen molar-refractivity contribution < 1.29 is 4.79 Å². The summed E-state index contributed by atoms with van der Waals surface area (Å²) < 4.78 is 0. The van der Waals surface area contributed by atoms with Crippen molar-refractivity contribution in [1.29, 1.82) is 0 Å². The fourth-order valence-corrected chi connectivity index (χ4v) is 2.32. The van der Waals surface area contributed by atoms with E-state index < -0.39 is 0 Å². The Kier molecular flexibility index (Phi) is 6.17. The zero-order chi connectivity index (χ0) is 15.2. The quantitative estimate of drug-likeness (QED) is 0.794. The lowest BCUT2D eigenvalue weighted by atomic mass is 9.93. The zero-order valence-corrected chi connectivity index (χ0v) is 13.1. The molecule has 0 bridgehead atoms. The van der Waals surface area contributed by atoms with Crippen molar-refractivity contribution in [2.75, 3.05) is 33.7 Å². The van der Waals surface area contributed by atoms with Gasteiger partial charge in [0.25, 0.3) is 5.91 Å². The topological polar surface area (TPSA) is 58.4 Å². The van der Waals surface area contributed by atoms with Crippen LogP contribution < -0.4 is 11.1 Å². The molecule has 0 saturated heterocycles. The predicted octanol–water partition coefficient (Wildman–Crippen LogP) is 1.51. The van der Waals surface area contributed by atoms with Crippen molar-refractivity contribution in [3.63, 3.8) is 0 Å². The van der Waals surface area contributed by atoms with E-state index >= 15 is 0 Å². The van der Waals surface area contributed by atoms with Gasteiger partial charge in [0.1, 0.15) is 0 Å². The largest absolute Gasteiger partial charge is 0.351 e. The molecule has 3 N–H and O–H groups in total. The lowest BCUT2D eigenvalue weighted by Gasteiger charge is -2.28. The van der Waals surface area contributed by atoms with Crippen molar-refractivity contribution in [2.45, 2.75) is 20.3 Å². The Morgan fingerprint density at radius 1 is 1.25 bits per heavy atom. The molecule has 1 aromatic carbocycles. The molecule has 0 aromatic heterocycles. The fourth-order valence-electron chi connectivity index (χ4n) is 2.32. The molecule has 1 rings (SSSR count). The highest BCUT2D eigenvalue weighted by Crippen LogP contribution is 2.14. The van der Waals surface area contributed by atoms with Gasteiger partial charge in [0, 0.05) is 18.7 Å². The van der Waals surface area contributed by atoms with Gasteiger partial charge in [-0.05, 0) is 50.2 Å². The minimum absolute atomic E-state index is 0.0175. The van der Waals surface area contributed by atoms with Gasteiger partial charge in [-0.3, -0.25) is 4.79 Å². The summed E-state index contributed by atoms with van der Waals surface area (Å²) in [6, 6.07) is 7.65. The summed E-state index contributed by atoms with van der Waals surface area (Å²) in [5.74, 6) is -0.0175. The smallest absolute Gasteiger partial charge is 0.251 e. The number of carbonyl (C=O) groups excluding carboxylic acids is 1. The van der Waals surface area contributed by atoms with Gasteiger partial charge in [-0.1, -0.05) is 26.0 Å². The Morgan fingerprint density at radius 2 is 1.85 bits per heavy atom. The van der Waals surface area contributed by atoms with Crippen molar-refractivity contribution in [3.05, 3.63) is 35.4 Å². The maximum absolute atomic E-state index is 12.1. The molecule has 0 heterocycles. The zero-order valence-electron chi connectivity index (χ0n) is 13.1. The molecule has 0 aliphatic rings. The van der Waals surface area contributed by atoms with Gasteiger partial charge in [0.05, 0.1) is 0 Å². The van der Waals surface area contributed by atoms with Gasteiger partial charge < -0.3 is 16.0 Å². The van der Waals surface area contributed by atoms with Gasteiger partial charge in [-0.15, -0.1) is 0 Å². The van der Waals surface area contributed by atoms with Crippen LogP contribution in [0.15, 0.2) is 24.3 Å². The molecule has 0 fully saturated rings. The van der Waals surface area contributed by atoms with Gasteiger partial charge in [-0.2, -0.15) is 0 Å². The third-order valence-corrected chi connectivity index (χ3v) is 3.12. The highest BCUT2D eigenvalue weighted by atomic mass is 16.1. The summed E-state index contributed by atoms with van der Waals surface area (Å²) in [5.41, 5.74) is 7.43. The molecular formula is C16H27N3O. The SMILES string of the molecule is CN(C)CC(C)(C)CNC(=O)c1ccc(CCN)cc1. The third kappa shape index (κ3) is 5.72. The fraction of sp³-hybridized carbons (Fsp3) is 0.562. The van der Waals surface area contributed by atoms with Gasteiger partial charge in [0.2, 0.25) is 0 Å².